The number of carbonyl (C=O) groups excluding carboxylic acids is 1. The van der Waals surface area contributed by atoms with Crippen molar-refractivity contribution in [1.82, 2.24) is 14.9 Å². The highest BCUT2D eigenvalue weighted by atomic mass is 16.5. The molecule has 3 aromatic rings. The number of hydrogen-bond donors (Lipinski definition) is 0. The SMILES string of the molecule is COC(=O)c1ccc(C=Nn2c(C)nnc(-c3ccccc3)c2=O)cc1. The minimum absolute atomic E-state index is 0.231. The zero-order chi connectivity index (χ0) is 18.5. The van der Waals surface area contributed by atoms with Crippen molar-refractivity contribution >= 4 is 12.2 Å². The number of carbonyl (C=O) groups is 1. The Morgan fingerprint density at radius 3 is 2.42 bits per heavy atom. The van der Waals surface area contributed by atoms with Crippen LogP contribution in [-0.4, -0.2) is 34.2 Å². The van der Waals surface area contributed by atoms with Crippen molar-refractivity contribution in [2.45, 2.75) is 6.92 Å². The maximum Gasteiger partial charge on any atom is 0.337 e. The predicted octanol–water partition coefficient (Wildman–Crippen LogP) is 2.28. The molecule has 3 rings (SSSR count). The second kappa shape index (κ2) is 7.52. The van der Waals surface area contributed by atoms with Gasteiger partial charge in [-0.15, -0.1) is 10.2 Å². The summed E-state index contributed by atoms with van der Waals surface area (Å²) in [6.07, 6.45) is 1.52. The van der Waals surface area contributed by atoms with Crippen LogP contribution in [0.1, 0.15) is 21.7 Å². The van der Waals surface area contributed by atoms with Crippen molar-refractivity contribution in [3.63, 3.8) is 0 Å². The van der Waals surface area contributed by atoms with E-state index in [1.165, 1.54) is 18.0 Å². The summed E-state index contributed by atoms with van der Waals surface area (Å²) in [4.78, 5) is 24.1. The molecule has 0 spiro atoms. The Morgan fingerprint density at radius 2 is 1.77 bits per heavy atom. The maximum atomic E-state index is 12.7. The third-order valence-electron chi connectivity index (χ3n) is 3.70. The Morgan fingerprint density at radius 1 is 1.08 bits per heavy atom. The topological polar surface area (TPSA) is 86.4 Å². The fraction of sp³-hybridized carbons (Fsp3) is 0.105. The normalized spacial score (nSPS) is 10.8. The molecular formula is C19H16N4O3. The fourth-order valence-electron chi connectivity index (χ4n) is 2.32. The Labute approximate surface area is 149 Å². The third-order valence-corrected chi connectivity index (χ3v) is 3.70. The zero-order valence-corrected chi connectivity index (χ0v) is 14.3. The van der Waals surface area contributed by atoms with E-state index in [0.29, 0.717) is 17.0 Å². The second-order valence-corrected chi connectivity index (χ2v) is 5.44. The van der Waals surface area contributed by atoms with Crippen molar-refractivity contribution in [2.75, 3.05) is 7.11 Å². The Bertz CT molecular complexity index is 1010. The van der Waals surface area contributed by atoms with Crippen LogP contribution >= 0.6 is 0 Å². The lowest BCUT2D eigenvalue weighted by molar-refractivity contribution is 0.0600. The Balaban J connectivity index is 1.93. The lowest BCUT2D eigenvalue weighted by Gasteiger charge is -2.05. The van der Waals surface area contributed by atoms with Crippen LogP contribution in [0.15, 0.2) is 64.5 Å². The van der Waals surface area contributed by atoms with Crippen molar-refractivity contribution in [1.29, 1.82) is 0 Å². The number of aromatic nitrogens is 3. The molecule has 0 atom stereocenters. The average Bonchev–Trinajstić information content (AvgIpc) is 2.68. The van der Waals surface area contributed by atoms with E-state index >= 15 is 0 Å². The van der Waals surface area contributed by atoms with Gasteiger partial charge in [-0.1, -0.05) is 42.5 Å². The molecule has 0 bridgehead atoms. The Kier molecular flexibility index (Phi) is 4.98. The molecule has 0 saturated heterocycles. The van der Waals surface area contributed by atoms with Crippen LogP contribution in [0.5, 0.6) is 0 Å². The van der Waals surface area contributed by atoms with E-state index in [-0.39, 0.29) is 11.3 Å². The highest BCUT2D eigenvalue weighted by Crippen LogP contribution is 2.11. The molecule has 0 amide bonds. The van der Waals surface area contributed by atoms with E-state index in [9.17, 15) is 9.59 Å². The lowest BCUT2D eigenvalue weighted by atomic mass is 10.1. The third kappa shape index (κ3) is 3.56. The summed E-state index contributed by atoms with van der Waals surface area (Å²) in [6.45, 7) is 1.65. The first-order valence-electron chi connectivity index (χ1n) is 7.84. The monoisotopic (exact) mass is 348 g/mol. The molecule has 0 fully saturated rings. The standard InChI is InChI=1S/C19H16N4O3/c1-13-21-22-17(15-6-4-3-5-7-15)18(24)23(13)20-12-14-8-10-16(11-9-14)19(25)26-2/h3-12H,1-2H3. The van der Waals surface area contributed by atoms with Gasteiger partial charge in [-0.25, -0.2) is 4.79 Å². The first-order valence-corrected chi connectivity index (χ1v) is 7.84. The predicted molar refractivity (Wildman–Crippen MR) is 97.2 cm³/mol. The van der Waals surface area contributed by atoms with Gasteiger partial charge in [0, 0.05) is 5.56 Å². The number of ether oxygens (including phenoxy) is 1. The molecule has 2 aromatic carbocycles. The van der Waals surface area contributed by atoms with Gasteiger partial charge in [0.25, 0.3) is 0 Å². The summed E-state index contributed by atoms with van der Waals surface area (Å²) in [5.74, 6) is -0.0384. The van der Waals surface area contributed by atoms with Crippen LogP contribution in [0.25, 0.3) is 11.3 Å². The highest BCUT2D eigenvalue weighted by Gasteiger charge is 2.10. The molecule has 7 heteroatoms. The van der Waals surface area contributed by atoms with E-state index in [1.807, 2.05) is 18.2 Å². The van der Waals surface area contributed by atoms with Gasteiger partial charge in [0.2, 0.25) is 0 Å². The lowest BCUT2D eigenvalue weighted by Crippen LogP contribution is -2.23. The number of rotatable bonds is 4. The summed E-state index contributed by atoms with van der Waals surface area (Å²) >= 11 is 0. The van der Waals surface area contributed by atoms with E-state index in [4.69, 9.17) is 0 Å². The van der Waals surface area contributed by atoms with Gasteiger partial charge < -0.3 is 4.74 Å². The summed E-state index contributed by atoms with van der Waals surface area (Å²) in [6, 6.07) is 15.8. The summed E-state index contributed by atoms with van der Waals surface area (Å²) in [5, 5.41) is 12.2. The number of esters is 1. The van der Waals surface area contributed by atoms with Crippen LogP contribution in [0, 0.1) is 6.92 Å². The summed E-state index contributed by atoms with van der Waals surface area (Å²) in [5.41, 5.74) is 1.72. The fourth-order valence-corrected chi connectivity index (χ4v) is 2.32. The van der Waals surface area contributed by atoms with Crippen LogP contribution < -0.4 is 5.56 Å². The minimum Gasteiger partial charge on any atom is -0.465 e. The summed E-state index contributed by atoms with van der Waals surface area (Å²) in [7, 11) is 1.33. The van der Waals surface area contributed by atoms with Gasteiger partial charge in [0.05, 0.1) is 18.9 Å². The molecule has 130 valence electrons. The number of hydrogen-bond acceptors (Lipinski definition) is 6. The van der Waals surface area contributed by atoms with Gasteiger partial charge in [0.15, 0.2) is 11.5 Å². The smallest absolute Gasteiger partial charge is 0.337 e. The molecule has 0 radical (unpaired) electrons. The molecule has 1 heterocycles. The molecule has 0 aliphatic heterocycles. The molecule has 0 saturated carbocycles. The van der Waals surface area contributed by atoms with Gasteiger partial charge in [-0.3, -0.25) is 4.79 Å². The Hall–Kier alpha value is -3.61. The van der Waals surface area contributed by atoms with E-state index in [1.54, 1.807) is 43.3 Å². The molecule has 7 nitrogen and oxygen atoms in total. The number of benzene rings is 2. The molecule has 26 heavy (non-hydrogen) atoms. The number of nitrogens with zero attached hydrogens (tertiary/aromatic N) is 4. The van der Waals surface area contributed by atoms with Gasteiger partial charge in [-0.2, -0.15) is 9.78 Å². The van der Waals surface area contributed by atoms with E-state index in [2.05, 4.69) is 20.0 Å². The first kappa shape index (κ1) is 17.2. The molecule has 0 aliphatic rings. The number of methoxy groups -OCH3 is 1. The van der Waals surface area contributed by atoms with Gasteiger partial charge in [-0.05, 0) is 24.6 Å². The number of aryl methyl sites for hydroxylation is 1. The molecule has 1 aromatic heterocycles. The van der Waals surface area contributed by atoms with E-state index < -0.39 is 5.97 Å². The zero-order valence-electron chi connectivity index (χ0n) is 14.3. The molecule has 0 N–H and O–H groups in total. The van der Waals surface area contributed by atoms with Crippen molar-refractivity contribution < 1.29 is 9.53 Å². The average molecular weight is 348 g/mol. The first-order chi connectivity index (χ1) is 12.6. The van der Waals surface area contributed by atoms with Crippen LogP contribution in [0.3, 0.4) is 0 Å². The van der Waals surface area contributed by atoms with Crippen LogP contribution in [0.2, 0.25) is 0 Å². The van der Waals surface area contributed by atoms with Crippen LogP contribution in [0.4, 0.5) is 0 Å². The second-order valence-electron chi connectivity index (χ2n) is 5.44. The maximum absolute atomic E-state index is 12.7. The van der Waals surface area contributed by atoms with Crippen molar-refractivity contribution in [2.24, 2.45) is 5.10 Å². The minimum atomic E-state index is -0.411. The quantitative estimate of drug-likeness (QED) is 0.533. The van der Waals surface area contributed by atoms with E-state index in [0.717, 1.165) is 5.56 Å². The summed E-state index contributed by atoms with van der Waals surface area (Å²) < 4.78 is 5.86. The largest absolute Gasteiger partial charge is 0.465 e. The highest BCUT2D eigenvalue weighted by molar-refractivity contribution is 5.90. The van der Waals surface area contributed by atoms with Gasteiger partial charge >= 0.3 is 11.5 Å². The molecule has 0 unspecified atom stereocenters. The van der Waals surface area contributed by atoms with Gasteiger partial charge in [0.1, 0.15) is 0 Å². The molecule has 0 aliphatic carbocycles. The van der Waals surface area contributed by atoms with Crippen LogP contribution in [-0.2, 0) is 4.74 Å². The van der Waals surface area contributed by atoms with Crippen molar-refractivity contribution in [3.05, 3.63) is 81.9 Å². The molecular weight excluding hydrogens is 332 g/mol. The van der Waals surface area contributed by atoms with Crippen molar-refractivity contribution in [3.8, 4) is 11.3 Å².